The fraction of sp³-hybridized carbons (Fsp3) is 0.444. The number of amides is 1. The summed E-state index contributed by atoms with van der Waals surface area (Å²) in [5.74, 6) is 0.773. The largest absolute Gasteiger partial charge is 0.496 e. The number of rotatable bonds is 7. The lowest BCUT2D eigenvalue weighted by Gasteiger charge is -2.17. The Kier molecular flexibility index (Phi) is 5.98. The molecule has 0 saturated carbocycles. The molecule has 0 saturated heterocycles. The van der Waals surface area contributed by atoms with Crippen molar-refractivity contribution >= 4 is 5.91 Å². The fourth-order valence-corrected chi connectivity index (χ4v) is 2.72. The number of ether oxygens (including phenoxy) is 1. The van der Waals surface area contributed by atoms with Crippen LogP contribution in [0.25, 0.3) is 0 Å². The molecule has 0 atom stereocenters. The zero-order valence-electron chi connectivity index (χ0n) is 15.1. The summed E-state index contributed by atoms with van der Waals surface area (Å²) in [6.45, 7) is 5.54. The number of nitrogens with one attached hydrogen (secondary N) is 1. The highest BCUT2D eigenvalue weighted by molar-refractivity contribution is 5.78. The van der Waals surface area contributed by atoms with Gasteiger partial charge in [0.25, 0.3) is 0 Å². The Hall–Kier alpha value is -2.34. The molecule has 0 aliphatic heterocycles. The molecular formula is C18H26N4O2. The van der Waals surface area contributed by atoms with Crippen LogP contribution in [-0.4, -0.2) is 41.3 Å². The zero-order valence-corrected chi connectivity index (χ0v) is 15.1. The summed E-state index contributed by atoms with van der Waals surface area (Å²) in [6, 6.07) is 7.69. The van der Waals surface area contributed by atoms with E-state index in [0.717, 1.165) is 22.7 Å². The Morgan fingerprint density at radius 1 is 1.33 bits per heavy atom. The van der Waals surface area contributed by atoms with Crippen LogP contribution in [0.5, 0.6) is 5.75 Å². The van der Waals surface area contributed by atoms with Gasteiger partial charge in [0.2, 0.25) is 5.91 Å². The van der Waals surface area contributed by atoms with E-state index in [-0.39, 0.29) is 5.91 Å². The van der Waals surface area contributed by atoms with Crippen LogP contribution in [0.4, 0.5) is 0 Å². The van der Waals surface area contributed by atoms with E-state index in [9.17, 15) is 4.79 Å². The number of aryl methyl sites for hydroxylation is 2. The van der Waals surface area contributed by atoms with Crippen molar-refractivity contribution in [1.29, 1.82) is 0 Å². The van der Waals surface area contributed by atoms with E-state index in [0.29, 0.717) is 19.6 Å². The highest BCUT2D eigenvalue weighted by atomic mass is 16.5. The van der Waals surface area contributed by atoms with Gasteiger partial charge in [0.15, 0.2) is 0 Å². The predicted molar refractivity (Wildman–Crippen MR) is 93.9 cm³/mol. The van der Waals surface area contributed by atoms with Gasteiger partial charge in [-0.05, 0) is 27.0 Å². The van der Waals surface area contributed by atoms with Gasteiger partial charge in [-0.3, -0.25) is 14.4 Å². The van der Waals surface area contributed by atoms with Gasteiger partial charge in [0.05, 0.1) is 19.3 Å². The molecule has 1 aromatic carbocycles. The summed E-state index contributed by atoms with van der Waals surface area (Å²) in [7, 11) is 5.51. The lowest BCUT2D eigenvalue weighted by atomic mass is 10.2. The van der Waals surface area contributed by atoms with Crippen molar-refractivity contribution in [2.75, 3.05) is 20.7 Å². The summed E-state index contributed by atoms with van der Waals surface area (Å²) in [5.41, 5.74) is 4.29. The Bertz CT molecular complexity index is 709. The lowest BCUT2D eigenvalue weighted by Crippen LogP contribution is -2.34. The van der Waals surface area contributed by atoms with Crippen LogP contribution < -0.4 is 10.1 Å². The van der Waals surface area contributed by atoms with Crippen LogP contribution in [0.3, 0.4) is 0 Å². The van der Waals surface area contributed by atoms with E-state index in [1.807, 2.05) is 61.8 Å². The number of carbonyl (C=O) groups excluding carboxylic acids is 1. The van der Waals surface area contributed by atoms with Crippen molar-refractivity contribution < 1.29 is 9.53 Å². The van der Waals surface area contributed by atoms with Crippen LogP contribution in [-0.2, 0) is 24.9 Å². The van der Waals surface area contributed by atoms with Crippen molar-refractivity contribution in [3.05, 3.63) is 46.8 Å². The van der Waals surface area contributed by atoms with Gasteiger partial charge >= 0.3 is 0 Å². The fourth-order valence-electron chi connectivity index (χ4n) is 2.72. The van der Waals surface area contributed by atoms with Gasteiger partial charge in [-0.2, -0.15) is 5.10 Å². The first-order valence-corrected chi connectivity index (χ1v) is 7.98. The first-order chi connectivity index (χ1) is 11.4. The molecule has 0 bridgehead atoms. The normalized spacial score (nSPS) is 10.9. The molecule has 0 aliphatic rings. The van der Waals surface area contributed by atoms with Crippen LogP contribution in [0.2, 0.25) is 0 Å². The molecule has 24 heavy (non-hydrogen) atoms. The molecule has 1 amide bonds. The maximum absolute atomic E-state index is 12.2. The van der Waals surface area contributed by atoms with Gasteiger partial charge in [0.1, 0.15) is 5.75 Å². The maximum Gasteiger partial charge on any atom is 0.234 e. The predicted octanol–water partition coefficient (Wildman–Crippen LogP) is 1.79. The minimum atomic E-state index is -0.0115. The average Bonchev–Trinajstić information content (AvgIpc) is 2.79. The molecule has 0 radical (unpaired) electrons. The minimum absolute atomic E-state index is 0.0115. The summed E-state index contributed by atoms with van der Waals surface area (Å²) in [4.78, 5) is 14.2. The first kappa shape index (κ1) is 18.0. The molecule has 0 fully saturated rings. The van der Waals surface area contributed by atoms with E-state index < -0.39 is 0 Å². The van der Waals surface area contributed by atoms with Gasteiger partial charge in [-0.15, -0.1) is 0 Å². The summed E-state index contributed by atoms with van der Waals surface area (Å²) >= 11 is 0. The minimum Gasteiger partial charge on any atom is -0.496 e. The van der Waals surface area contributed by atoms with Crippen LogP contribution >= 0.6 is 0 Å². The standard InChI is InChI=1S/C18H26N4O2/c1-13-16(14(2)22(4)20-13)11-21(3)12-18(23)19-10-15-8-6-7-9-17(15)24-5/h6-9H,10-12H2,1-5H3,(H,19,23). The molecule has 2 rings (SSSR count). The molecule has 0 spiro atoms. The number of hydrogen-bond donors (Lipinski definition) is 1. The van der Waals surface area contributed by atoms with Gasteiger partial charge in [-0.25, -0.2) is 0 Å². The number of likely N-dealkylation sites (N-methyl/N-ethyl adjacent to an activating group) is 1. The third kappa shape index (κ3) is 4.35. The van der Waals surface area contributed by atoms with E-state index in [2.05, 4.69) is 10.4 Å². The maximum atomic E-state index is 12.2. The molecule has 0 unspecified atom stereocenters. The average molecular weight is 330 g/mol. The van der Waals surface area contributed by atoms with E-state index >= 15 is 0 Å². The molecule has 0 aliphatic carbocycles. The number of aromatic nitrogens is 2. The monoisotopic (exact) mass is 330 g/mol. The number of benzene rings is 1. The number of methoxy groups -OCH3 is 1. The zero-order chi connectivity index (χ0) is 17.7. The van der Waals surface area contributed by atoms with E-state index in [1.54, 1.807) is 7.11 Å². The van der Waals surface area contributed by atoms with Crippen molar-refractivity contribution in [3.8, 4) is 5.75 Å². The van der Waals surface area contributed by atoms with E-state index in [4.69, 9.17) is 4.74 Å². The third-order valence-corrected chi connectivity index (χ3v) is 4.17. The highest BCUT2D eigenvalue weighted by Crippen LogP contribution is 2.17. The van der Waals surface area contributed by atoms with Crippen molar-refractivity contribution in [2.24, 2.45) is 7.05 Å². The second-order valence-electron chi connectivity index (χ2n) is 6.03. The molecule has 1 heterocycles. The third-order valence-electron chi connectivity index (χ3n) is 4.17. The van der Waals surface area contributed by atoms with Crippen molar-refractivity contribution in [3.63, 3.8) is 0 Å². The first-order valence-electron chi connectivity index (χ1n) is 7.98. The summed E-state index contributed by atoms with van der Waals surface area (Å²) in [6.07, 6.45) is 0. The molecule has 1 N–H and O–H groups in total. The molecular weight excluding hydrogens is 304 g/mol. The second kappa shape index (κ2) is 7.97. The van der Waals surface area contributed by atoms with Gasteiger partial charge < -0.3 is 10.1 Å². The Labute approximate surface area is 143 Å². The highest BCUT2D eigenvalue weighted by Gasteiger charge is 2.14. The number of nitrogens with zero attached hydrogens (tertiary/aromatic N) is 3. The summed E-state index contributed by atoms with van der Waals surface area (Å²) in [5, 5.41) is 7.36. The number of para-hydroxylation sites is 1. The Morgan fingerprint density at radius 3 is 2.67 bits per heavy atom. The lowest BCUT2D eigenvalue weighted by molar-refractivity contribution is -0.122. The van der Waals surface area contributed by atoms with Gasteiger partial charge in [0, 0.05) is 37.0 Å². The van der Waals surface area contributed by atoms with Gasteiger partial charge in [-0.1, -0.05) is 18.2 Å². The quantitative estimate of drug-likeness (QED) is 0.841. The Morgan fingerprint density at radius 2 is 2.04 bits per heavy atom. The number of carbonyl (C=O) groups is 1. The summed E-state index contributed by atoms with van der Waals surface area (Å²) < 4.78 is 7.17. The SMILES string of the molecule is COc1ccccc1CNC(=O)CN(C)Cc1c(C)nn(C)c1C. The van der Waals surface area contributed by atoms with Crippen molar-refractivity contribution in [2.45, 2.75) is 26.9 Å². The number of hydrogen-bond acceptors (Lipinski definition) is 4. The van der Waals surface area contributed by atoms with Crippen LogP contribution in [0, 0.1) is 13.8 Å². The molecule has 6 heteroatoms. The molecule has 2 aromatic rings. The van der Waals surface area contributed by atoms with E-state index in [1.165, 1.54) is 5.56 Å². The second-order valence-corrected chi connectivity index (χ2v) is 6.03. The molecule has 1 aromatic heterocycles. The molecule has 6 nitrogen and oxygen atoms in total. The van der Waals surface area contributed by atoms with Crippen LogP contribution in [0.1, 0.15) is 22.5 Å². The topological polar surface area (TPSA) is 59.4 Å². The molecule has 130 valence electrons. The Balaban J connectivity index is 1.88. The van der Waals surface area contributed by atoms with Crippen LogP contribution in [0.15, 0.2) is 24.3 Å². The van der Waals surface area contributed by atoms with Crippen molar-refractivity contribution in [1.82, 2.24) is 20.0 Å². The smallest absolute Gasteiger partial charge is 0.234 e.